The van der Waals surface area contributed by atoms with E-state index < -0.39 is 0 Å². The number of hydrogen-bond acceptors (Lipinski definition) is 4. The van der Waals surface area contributed by atoms with E-state index in [9.17, 15) is 0 Å². The van der Waals surface area contributed by atoms with Gasteiger partial charge in [0.15, 0.2) is 11.5 Å². The molecule has 4 heteroatoms. The molecule has 3 nitrogen and oxygen atoms in total. The Balaban J connectivity index is 1.18. The van der Waals surface area contributed by atoms with E-state index in [0.717, 1.165) is 45.3 Å². The minimum absolute atomic E-state index is 0.846. The molecule has 0 aliphatic carbocycles. The van der Waals surface area contributed by atoms with E-state index in [1.807, 2.05) is 35.6 Å². The molecule has 9 aromatic rings. The molecule has 47 heavy (non-hydrogen) atoms. The number of para-hydroxylation sites is 4. The van der Waals surface area contributed by atoms with E-state index in [1.165, 1.54) is 47.5 Å². The minimum Gasteiger partial charge on any atom is -0.453 e. The maximum Gasteiger partial charge on any atom is 0.151 e. The number of aromatic nitrogens is 1. The summed E-state index contributed by atoms with van der Waals surface area (Å²) in [5, 5.41) is 6.17. The Morgan fingerprint density at radius 2 is 1.17 bits per heavy atom. The summed E-state index contributed by atoms with van der Waals surface area (Å²) in [5.41, 5.74) is 8.56. The second-order valence-corrected chi connectivity index (χ2v) is 13.1. The van der Waals surface area contributed by atoms with Crippen LogP contribution >= 0.6 is 11.3 Å². The van der Waals surface area contributed by atoms with Crippen LogP contribution in [-0.4, -0.2) is 4.98 Å². The average Bonchev–Trinajstić information content (AvgIpc) is 3.50. The standard InChI is InChI=1S/C43H26N2OS/c1-2-10-27(11-3-1)33-26-35(44-43-32(33)22-23-40-42(43)34-24-29-12-4-5-13-30(29)25-41(34)47-40)28-18-20-31(21-19-28)45-36-14-6-8-16-38(36)46-39-17-9-7-15-37(39)45/h1-26H. The number of fused-ring (bicyclic) bond motifs is 8. The van der Waals surface area contributed by atoms with Crippen molar-refractivity contribution in [3.05, 3.63) is 158 Å². The van der Waals surface area contributed by atoms with Crippen molar-refractivity contribution in [1.29, 1.82) is 0 Å². The number of thiophene rings is 1. The SMILES string of the molecule is c1ccc(-c2cc(-c3ccc(N4c5ccccc5Oc5ccccc54)cc3)nc3c2ccc2sc4cc5ccccc5cc4c23)cc1. The second-order valence-electron chi connectivity index (χ2n) is 12.0. The molecule has 0 unspecified atom stereocenters. The Labute approximate surface area is 275 Å². The van der Waals surface area contributed by atoms with Crippen molar-refractivity contribution in [3.8, 4) is 33.9 Å². The van der Waals surface area contributed by atoms with E-state index in [0.29, 0.717) is 0 Å². The van der Waals surface area contributed by atoms with Gasteiger partial charge in [0, 0.05) is 36.8 Å². The Morgan fingerprint density at radius 3 is 1.91 bits per heavy atom. The van der Waals surface area contributed by atoms with Gasteiger partial charge in [-0.3, -0.25) is 0 Å². The third kappa shape index (κ3) is 4.16. The molecule has 1 aliphatic heterocycles. The molecule has 0 atom stereocenters. The van der Waals surface area contributed by atoms with Gasteiger partial charge in [0.25, 0.3) is 0 Å². The maximum atomic E-state index is 6.25. The minimum atomic E-state index is 0.846. The van der Waals surface area contributed by atoms with Crippen molar-refractivity contribution in [1.82, 2.24) is 4.98 Å². The highest BCUT2D eigenvalue weighted by molar-refractivity contribution is 7.26. The number of ether oxygens (including phenoxy) is 1. The van der Waals surface area contributed by atoms with Crippen LogP contribution < -0.4 is 9.64 Å². The highest BCUT2D eigenvalue weighted by Gasteiger charge is 2.25. The first kappa shape index (κ1) is 26.3. The highest BCUT2D eigenvalue weighted by Crippen LogP contribution is 2.50. The molecule has 0 saturated heterocycles. The normalized spacial score (nSPS) is 12.4. The quantitative estimate of drug-likeness (QED) is 0.197. The Hall–Kier alpha value is -5.97. The van der Waals surface area contributed by atoms with E-state index >= 15 is 0 Å². The number of rotatable bonds is 3. The van der Waals surface area contributed by atoms with E-state index in [1.54, 1.807) is 0 Å². The van der Waals surface area contributed by atoms with E-state index in [2.05, 4.69) is 138 Å². The van der Waals surface area contributed by atoms with Crippen LogP contribution in [0.3, 0.4) is 0 Å². The molecule has 10 rings (SSSR count). The Morgan fingerprint density at radius 1 is 0.511 bits per heavy atom. The summed E-state index contributed by atoms with van der Waals surface area (Å²) in [6.45, 7) is 0. The van der Waals surface area contributed by atoms with Crippen LogP contribution in [0.1, 0.15) is 0 Å². The second kappa shape index (κ2) is 10.3. The lowest BCUT2D eigenvalue weighted by atomic mass is 9.96. The van der Waals surface area contributed by atoms with Gasteiger partial charge in [-0.05, 0) is 82.6 Å². The first-order chi connectivity index (χ1) is 23.3. The predicted octanol–water partition coefficient (Wildman–Crippen LogP) is 12.7. The van der Waals surface area contributed by atoms with Crippen molar-refractivity contribution in [3.63, 3.8) is 0 Å². The fourth-order valence-electron chi connectivity index (χ4n) is 7.00. The monoisotopic (exact) mass is 618 g/mol. The van der Waals surface area contributed by atoms with Gasteiger partial charge < -0.3 is 9.64 Å². The molecule has 0 amide bonds. The molecular weight excluding hydrogens is 593 g/mol. The zero-order chi connectivity index (χ0) is 30.9. The molecule has 1 aliphatic rings. The van der Waals surface area contributed by atoms with Gasteiger partial charge in [0.05, 0.1) is 22.6 Å². The van der Waals surface area contributed by atoms with Gasteiger partial charge in [-0.1, -0.05) is 97.1 Å². The van der Waals surface area contributed by atoms with Crippen LogP contribution in [0.25, 0.3) is 64.2 Å². The molecule has 0 bridgehead atoms. The molecular formula is C43H26N2OS. The zero-order valence-corrected chi connectivity index (χ0v) is 26.0. The molecule has 3 heterocycles. The van der Waals surface area contributed by atoms with Gasteiger partial charge in [-0.15, -0.1) is 11.3 Å². The van der Waals surface area contributed by atoms with Crippen LogP contribution in [0.2, 0.25) is 0 Å². The van der Waals surface area contributed by atoms with Gasteiger partial charge in [-0.2, -0.15) is 0 Å². The Bertz CT molecular complexity index is 2610. The van der Waals surface area contributed by atoms with Crippen molar-refractivity contribution in [2.75, 3.05) is 4.90 Å². The highest BCUT2D eigenvalue weighted by atomic mass is 32.1. The maximum absolute atomic E-state index is 6.25. The topological polar surface area (TPSA) is 25.4 Å². The summed E-state index contributed by atoms with van der Waals surface area (Å²) >= 11 is 1.85. The number of hydrogen-bond donors (Lipinski definition) is 0. The molecule has 2 aromatic heterocycles. The lowest BCUT2D eigenvalue weighted by Gasteiger charge is -2.32. The molecule has 0 saturated carbocycles. The fraction of sp³-hybridized carbons (Fsp3) is 0. The third-order valence-corrected chi connectivity index (χ3v) is 10.3. The van der Waals surface area contributed by atoms with E-state index in [4.69, 9.17) is 9.72 Å². The summed E-state index contributed by atoms with van der Waals surface area (Å²) in [6, 6.07) is 55.9. The zero-order valence-electron chi connectivity index (χ0n) is 25.2. The average molecular weight is 619 g/mol. The van der Waals surface area contributed by atoms with Crippen molar-refractivity contribution in [2.45, 2.75) is 0 Å². The van der Waals surface area contributed by atoms with Gasteiger partial charge in [-0.25, -0.2) is 4.98 Å². The third-order valence-electron chi connectivity index (χ3n) is 9.22. The number of pyridine rings is 1. The van der Waals surface area contributed by atoms with Crippen molar-refractivity contribution < 1.29 is 4.74 Å². The molecule has 0 spiro atoms. The fourth-order valence-corrected chi connectivity index (χ4v) is 8.14. The molecule has 220 valence electrons. The predicted molar refractivity (Wildman–Crippen MR) is 198 cm³/mol. The van der Waals surface area contributed by atoms with Gasteiger partial charge >= 0.3 is 0 Å². The van der Waals surface area contributed by atoms with Crippen molar-refractivity contribution >= 4 is 70.2 Å². The lowest BCUT2D eigenvalue weighted by Crippen LogP contribution is -2.15. The van der Waals surface area contributed by atoms with E-state index in [-0.39, 0.29) is 0 Å². The summed E-state index contributed by atoms with van der Waals surface area (Å²) in [7, 11) is 0. The Kier molecular flexibility index (Phi) is 5.74. The van der Waals surface area contributed by atoms with Crippen LogP contribution in [-0.2, 0) is 0 Å². The molecule has 7 aromatic carbocycles. The summed E-state index contributed by atoms with van der Waals surface area (Å²) in [4.78, 5) is 7.72. The first-order valence-electron chi connectivity index (χ1n) is 15.8. The molecule has 0 fully saturated rings. The number of nitrogens with zero attached hydrogens (tertiary/aromatic N) is 2. The van der Waals surface area contributed by atoms with Crippen LogP contribution in [0, 0.1) is 0 Å². The molecule has 0 radical (unpaired) electrons. The number of benzene rings is 7. The number of anilines is 3. The van der Waals surface area contributed by atoms with Gasteiger partial charge in [0.2, 0.25) is 0 Å². The lowest BCUT2D eigenvalue weighted by molar-refractivity contribution is 0.477. The smallest absolute Gasteiger partial charge is 0.151 e. The molecule has 0 N–H and O–H groups in total. The summed E-state index contributed by atoms with van der Waals surface area (Å²) in [6.07, 6.45) is 0. The summed E-state index contributed by atoms with van der Waals surface area (Å²) in [5.74, 6) is 1.69. The van der Waals surface area contributed by atoms with Crippen molar-refractivity contribution in [2.24, 2.45) is 0 Å². The van der Waals surface area contributed by atoms with Crippen LogP contribution in [0.4, 0.5) is 17.1 Å². The van der Waals surface area contributed by atoms with Crippen LogP contribution in [0.5, 0.6) is 11.5 Å². The largest absolute Gasteiger partial charge is 0.453 e. The van der Waals surface area contributed by atoms with Crippen LogP contribution in [0.15, 0.2) is 158 Å². The first-order valence-corrected chi connectivity index (χ1v) is 16.6. The summed E-state index contributed by atoms with van der Waals surface area (Å²) < 4.78 is 8.79. The van der Waals surface area contributed by atoms with Gasteiger partial charge in [0.1, 0.15) is 0 Å².